The van der Waals surface area contributed by atoms with Gasteiger partial charge >= 0.3 is 6.18 Å². The molecular formula is C24H31F3N4OS. The molecule has 180 valence electrons. The Morgan fingerprint density at radius 2 is 1.91 bits per heavy atom. The van der Waals surface area contributed by atoms with E-state index in [2.05, 4.69) is 22.1 Å². The van der Waals surface area contributed by atoms with E-state index in [9.17, 15) is 18.0 Å². The van der Waals surface area contributed by atoms with Crippen LogP contribution >= 0.6 is 11.3 Å². The number of amides is 1. The van der Waals surface area contributed by atoms with Crippen molar-refractivity contribution in [2.45, 2.75) is 57.5 Å². The van der Waals surface area contributed by atoms with Crippen LogP contribution in [-0.2, 0) is 6.18 Å². The summed E-state index contributed by atoms with van der Waals surface area (Å²) in [6.45, 7) is 6.94. The van der Waals surface area contributed by atoms with Gasteiger partial charge in [-0.3, -0.25) is 4.79 Å². The van der Waals surface area contributed by atoms with Crippen LogP contribution in [0.3, 0.4) is 0 Å². The van der Waals surface area contributed by atoms with Gasteiger partial charge < -0.3 is 15.1 Å². The Morgan fingerprint density at radius 1 is 1.18 bits per heavy atom. The van der Waals surface area contributed by atoms with E-state index in [0.29, 0.717) is 11.6 Å². The molecule has 2 fully saturated rings. The molecule has 2 aromatic rings. The molecule has 0 unspecified atom stereocenters. The number of unbranched alkanes of at least 4 members (excludes halogenated alkanes) is 1. The fraction of sp³-hybridized carbons (Fsp3) is 0.583. The van der Waals surface area contributed by atoms with Crippen molar-refractivity contribution in [2.24, 2.45) is 0 Å². The number of hydrogen-bond acceptors (Lipinski definition) is 5. The Bertz CT molecular complexity index is 947. The molecule has 0 bridgehead atoms. The number of carbonyl (C=O) groups is 1. The topological polar surface area (TPSA) is 48.5 Å². The molecule has 33 heavy (non-hydrogen) atoms. The van der Waals surface area contributed by atoms with E-state index in [0.717, 1.165) is 75.5 Å². The first-order chi connectivity index (χ1) is 15.8. The summed E-state index contributed by atoms with van der Waals surface area (Å²) < 4.78 is 39.9. The minimum absolute atomic E-state index is 0.190. The van der Waals surface area contributed by atoms with E-state index in [-0.39, 0.29) is 11.4 Å². The van der Waals surface area contributed by atoms with E-state index < -0.39 is 17.6 Å². The fourth-order valence-electron chi connectivity index (χ4n) is 4.60. The maximum atomic E-state index is 13.3. The molecule has 2 saturated heterocycles. The number of nitrogens with one attached hydrogen (secondary N) is 1. The van der Waals surface area contributed by atoms with E-state index >= 15 is 0 Å². The van der Waals surface area contributed by atoms with Gasteiger partial charge in [-0.15, -0.1) is 11.3 Å². The van der Waals surface area contributed by atoms with Crippen LogP contribution in [0.15, 0.2) is 23.6 Å². The highest BCUT2D eigenvalue weighted by atomic mass is 32.1. The third kappa shape index (κ3) is 5.87. The van der Waals surface area contributed by atoms with Crippen LogP contribution in [0, 0.1) is 0 Å². The smallest absolute Gasteiger partial charge is 0.370 e. The van der Waals surface area contributed by atoms with Gasteiger partial charge in [0.05, 0.1) is 21.9 Å². The fourth-order valence-corrected chi connectivity index (χ4v) is 5.57. The second kappa shape index (κ2) is 10.4. The number of carbonyl (C=O) groups excluding carboxylic acids is 1. The van der Waals surface area contributed by atoms with Crippen molar-refractivity contribution >= 4 is 28.6 Å². The van der Waals surface area contributed by atoms with Gasteiger partial charge in [0.15, 0.2) is 0 Å². The maximum absolute atomic E-state index is 13.3. The Kier molecular flexibility index (Phi) is 7.58. The molecular weight excluding hydrogens is 449 g/mol. The number of rotatable bonds is 7. The van der Waals surface area contributed by atoms with Gasteiger partial charge in [0.2, 0.25) is 0 Å². The molecule has 0 radical (unpaired) electrons. The molecule has 0 atom stereocenters. The molecule has 5 nitrogen and oxygen atoms in total. The van der Waals surface area contributed by atoms with Crippen LogP contribution in [-0.4, -0.2) is 48.5 Å². The van der Waals surface area contributed by atoms with E-state index in [4.69, 9.17) is 0 Å². The zero-order valence-electron chi connectivity index (χ0n) is 19.0. The van der Waals surface area contributed by atoms with Crippen LogP contribution < -0.4 is 10.2 Å². The number of aromatic nitrogens is 1. The van der Waals surface area contributed by atoms with Gasteiger partial charge in [0.25, 0.3) is 5.91 Å². The van der Waals surface area contributed by atoms with Crippen molar-refractivity contribution in [3.63, 3.8) is 0 Å². The highest BCUT2D eigenvalue weighted by Crippen LogP contribution is 2.37. The van der Waals surface area contributed by atoms with Crippen LogP contribution in [0.5, 0.6) is 0 Å². The Hall–Kier alpha value is -2.13. The van der Waals surface area contributed by atoms with Crippen LogP contribution in [0.4, 0.5) is 24.5 Å². The number of anilines is 2. The summed E-state index contributed by atoms with van der Waals surface area (Å²) in [6.07, 6.45) is 1.94. The first-order valence-electron chi connectivity index (χ1n) is 11.8. The van der Waals surface area contributed by atoms with Crippen molar-refractivity contribution < 1.29 is 18.0 Å². The Balaban J connectivity index is 1.46. The van der Waals surface area contributed by atoms with E-state index in [1.165, 1.54) is 30.2 Å². The van der Waals surface area contributed by atoms with Gasteiger partial charge in [-0.05, 0) is 69.9 Å². The first kappa shape index (κ1) is 24.0. The monoisotopic (exact) mass is 480 g/mol. The summed E-state index contributed by atoms with van der Waals surface area (Å²) in [5.41, 5.74) is 0.321. The van der Waals surface area contributed by atoms with Crippen molar-refractivity contribution in [1.29, 1.82) is 0 Å². The molecule has 9 heteroatoms. The average Bonchev–Trinajstić information content (AvgIpc) is 3.50. The normalized spacial score (nSPS) is 18.1. The lowest BCUT2D eigenvalue weighted by molar-refractivity contribution is -0.137. The van der Waals surface area contributed by atoms with E-state index in [1.54, 1.807) is 5.38 Å². The van der Waals surface area contributed by atoms with Crippen LogP contribution in [0.1, 0.15) is 72.4 Å². The lowest BCUT2D eigenvalue weighted by Gasteiger charge is -2.30. The highest BCUT2D eigenvalue weighted by molar-refractivity contribution is 7.10. The predicted octanol–water partition coefficient (Wildman–Crippen LogP) is 5.99. The highest BCUT2D eigenvalue weighted by Gasteiger charge is 2.32. The SMILES string of the molecule is CCCCN1CCC(c2nc(C(=O)Nc3cc(C(F)(F)F)ccc3N3CCCC3)cs2)CC1. The molecule has 4 rings (SSSR count). The molecule has 0 spiro atoms. The zero-order valence-corrected chi connectivity index (χ0v) is 19.8. The Morgan fingerprint density at radius 3 is 2.58 bits per heavy atom. The molecule has 2 aliphatic rings. The van der Waals surface area contributed by atoms with Gasteiger partial charge in [0, 0.05) is 24.4 Å². The molecule has 1 aromatic heterocycles. The van der Waals surface area contributed by atoms with Crippen LogP contribution in [0.25, 0.3) is 0 Å². The van der Waals surface area contributed by atoms with Gasteiger partial charge in [0.1, 0.15) is 5.69 Å². The van der Waals surface area contributed by atoms with Gasteiger partial charge in [-0.1, -0.05) is 13.3 Å². The number of hydrogen-bond donors (Lipinski definition) is 1. The molecule has 1 N–H and O–H groups in total. The lowest BCUT2D eigenvalue weighted by Crippen LogP contribution is -2.33. The number of likely N-dealkylation sites (tertiary alicyclic amines) is 1. The second-order valence-electron chi connectivity index (χ2n) is 8.92. The largest absolute Gasteiger partial charge is 0.416 e. The molecule has 2 aliphatic heterocycles. The number of nitrogens with zero attached hydrogens (tertiary/aromatic N) is 3. The summed E-state index contributed by atoms with van der Waals surface area (Å²) in [5, 5.41) is 5.38. The molecule has 0 saturated carbocycles. The number of thiazole rings is 1. The Labute approximate surface area is 197 Å². The summed E-state index contributed by atoms with van der Waals surface area (Å²) in [4.78, 5) is 22.0. The second-order valence-corrected chi connectivity index (χ2v) is 9.81. The number of halogens is 3. The maximum Gasteiger partial charge on any atom is 0.416 e. The molecule has 1 amide bonds. The average molecular weight is 481 g/mol. The minimum atomic E-state index is -4.47. The summed E-state index contributed by atoms with van der Waals surface area (Å²) in [7, 11) is 0. The van der Waals surface area contributed by atoms with Gasteiger partial charge in [-0.2, -0.15) is 13.2 Å². The number of alkyl halides is 3. The quantitative estimate of drug-likeness (QED) is 0.529. The van der Waals surface area contributed by atoms with Crippen molar-refractivity contribution in [3.8, 4) is 0 Å². The lowest BCUT2D eigenvalue weighted by atomic mass is 9.97. The molecule has 0 aliphatic carbocycles. The summed E-state index contributed by atoms with van der Waals surface area (Å²) in [5.74, 6) is -0.124. The van der Waals surface area contributed by atoms with Crippen LogP contribution in [0.2, 0.25) is 0 Å². The number of piperidine rings is 1. The van der Waals surface area contributed by atoms with Crippen molar-refractivity contribution in [2.75, 3.05) is 42.9 Å². The molecule has 3 heterocycles. The number of benzene rings is 1. The van der Waals surface area contributed by atoms with E-state index in [1.807, 2.05) is 4.90 Å². The standard InChI is InChI=1S/C24H31F3N4OS/c1-2-3-10-30-13-8-17(9-14-30)23-29-20(16-33-23)22(32)28-19-15-18(24(25,26)27)6-7-21(19)31-11-4-5-12-31/h6-7,15-17H,2-5,8-14H2,1H3,(H,28,32). The van der Waals surface area contributed by atoms with Crippen molar-refractivity contribution in [1.82, 2.24) is 9.88 Å². The minimum Gasteiger partial charge on any atom is -0.370 e. The predicted molar refractivity (Wildman–Crippen MR) is 126 cm³/mol. The van der Waals surface area contributed by atoms with Crippen molar-refractivity contribution in [3.05, 3.63) is 39.8 Å². The zero-order chi connectivity index (χ0) is 23.4. The third-order valence-corrected chi connectivity index (χ3v) is 7.55. The summed E-state index contributed by atoms with van der Waals surface area (Å²) >= 11 is 1.47. The summed E-state index contributed by atoms with van der Waals surface area (Å²) in [6, 6.07) is 3.57. The molecule has 1 aromatic carbocycles. The van der Waals surface area contributed by atoms with Gasteiger partial charge in [-0.25, -0.2) is 4.98 Å². The first-order valence-corrected chi connectivity index (χ1v) is 12.7. The third-order valence-electron chi connectivity index (χ3n) is 6.54.